The van der Waals surface area contributed by atoms with E-state index in [2.05, 4.69) is 4.74 Å². The Kier molecular flexibility index (Phi) is 5.60. The third-order valence-electron chi connectivity index (χ3n) is 1.86. The van der Waals surface area contributed by atoms with E-state index >= 15 is 0 Å². The molecule has 112 valence electrons. The molecule has 5 nitrogen and oxygen atoms in total. The number of esters is 1. The summed E-state index contributed by atoms with van der Waals surface area (Å²) in [5.41, 5.74) is 0. The Balaban J connectivity index is 4.74. The van der Waals surface area contributed by atoms with Gasteiger partial charge in [-0.1, -0.05) is 0 Å². The van der Waals surface area contributed by atoms with Crippen molar-refractivity contribution in [3.8, 4) is 0 Å². The first kappa shape index (κ1) is 17.5. The van der Waals surface area contributed by atoms with Gasteiger partial charge in [-0.15, -0.1) is 0 Å². The lowest BCUT2D eigenvalue weighted by Crippen LogP contribution is -2.50. The maximum absolute atomic E-state index is 12.1. The summed E-state index contributed by atoms with van der Waals surface area (Å²) in [7, 11) is 0.835. The number of ether oxygens (including phenoxy) is 1. The summed E-state index contributed by atoms with van der Waals surface area (Å²) in [4.78, 5) is 21.5. The largest absolute Gasteiger partial charge is 0.467 e. The Bertz CT molecular complexity index is 325. The summed E-state index contributed by atoms with van der Waals surface area (Å²) in [6.45, 7) is -1.13. The highest BCUT2D eigenvalue weighted by molar-refractivity contribution is 5.81. The van der Waals surface area contributed by atoms with Crippen molar-refractivity contribution < 1.29 is 45.8 Å². The summed E-state index contributed by atoms with van der Waals surface area (Å²) < 4.78 is 76.4. The normalized spacial score (nSPS) is 14.2. The van der Waals surface area contributed by atoms with Crippen molar-refractivity contribution in [2.45, 2.75) is 18.5 Å². The van der Waals surface area contributed by atoms with E-state index < -0.39 is 42.8 Å². The standard InChI is InChI=1S/C8H9F6NO4/c1-19-6(18)3(16)2-15-5(17)4(7(9,10)11)8(12,13)14/h3-4,16H,2H2,1H3,(H,15,17). The molecule has 0 aliphatic heterocycles. The molecule has 19 heavy (non-hydrogen) atoms. The Morgan fingerprint density at radius 3 is 1.89 bits per heavy atom. The fraction of sp³-hybridized carbons (Fsp3) is 0.750. The number of rotatable bonds is 4. The van der Waals surface area contributed by atoms with Crippen molar-refractivity contribution in [3.05, 3.63) is 0 Å². The number of amides is 1. The molecule has 0 aromatic carbocycles. The Labute approximate surface area is 102 Å². The summed E-state index contributed by atoms with van der Waals surface area (Å²) in [6, 6.07) is 0. The maximum atomic E-state index is 12.1. The Morgan fingerprint density at radius 2 is 1.58 bits per heavy atom. The summed E-state index contributed by atoms with van der Waals surface area (Å²) in [5.74, 6) is -7.95. The van der Waals surface area contributed by atoms with Crippen molar-refractivity contribution >= 4 is 11.9 Å². The quantitative estimate of drug-likeness (QED) is 0.581. The molecule has 0 radical (unpaired) electrons. The minimum atomic E-state index is -5.83. The van der Waals surface area contributed by atoms with E-state index in [4.69, 9.17) is 5.11 Å². The number of nitrogens with one attached hydrogen (secondary N) is 1. The molecular weight excluding hydrogens is 288 g/mol. The van der Waals surface area contributed by atoms with E-state index in [1.54, 1.807) is 0 Å². The molecule has 1 atom stereocenters. The van der Waals surface area contributed by atoms with Crippen molar-refractivity contribution in [2.24, 2.45) is 5.92 Å². The SMILES string of the molecule is COC(=O)C(O)CNC(=O)C(C(F)(F)F)C(F)(F)F. The van der Waals surface area contributed by atoms with E-state index in [0.717, 1.165) is 7.11 Å². The van der Waals surface area contributed by atoms with Gasteiger partial charge in [0.25, 0.3) is 0 Å². The number of alkyl halides is 6. The molecule has 0 aromatic rings. The first-order valence-electron chi connectivity index (χ1n) is 4.58. The maximum Gasteiger partial charge on any atom is 0.409 e. The van der Waals surface area contributed by atoms with Gasteiger partial charge in [-0.25, -0.2) is 4.79 Å². The molecule has 0 spiro atoms. The van der Waals surface area contributed by atoms with Crippen LogP contribution in [0, 0.1) is 5.92 Å². The molecule has 0 aliphatic carbocycles. The zero-order chi connectivity index (χ0) is 15.4. The number of hydrogen-bond donors (Lipinski definition) is 2. The summed E-state index contributed by atoms with van der Waals surface area (Å²) in [6.07, 6.45) is -13.7. The first-order chi connectivity index (χ1) is 8.41. The zero-order valence-corrected chi connectivity index (χ0v) is 9.30. The third kappa shape index (κ3) is 5.32. The molecule has 11 heteroatoms. The highest BCUT2D eigenvalue weighted by Crippen LogP contribution is 2.39. The van der Waals surface area contributed by atoms with Crippen LogP contribution in [0.5, 0.6) is 0 Å². The Hall–Kier alpha value is -1.52. The second-order valence-electron chi connectivity index (χ2n) is 3.30. The molecule has 0 rings (SSSR count). The molecule has 0 aromatic heterocycles. The van der Waals surface area contributed by atoms with Gasteiger partial charge in [0, 0.05) is 0 Å². The number of aliphatic hydroxyl groups excluding tert-OH is 1. The number of aliphatic hydroxyl groups is 1. The van der Waals surface area contributed by atoms with E-state index in [-0.39, 0.29) is 0 Å². The van der Waals surface area contributed by atoms with Crippen molar-refractivity contribution in [1.29, 1.82) is 0 Å². The fourth-order valence-corrected chi connectivity index (χ4v) is 1.00. The van der Waals surface area contributed by atoms with Crippen LogP contribution in [0.25, 0.3) is 0 Å². The molecule has 1 amide bonds. The molecule has 1 unspecified atom stereocenters. The highest BCUT2D eigenvalue weighted by atomic mass is 19.4. The van der Waals surface area contributed by atoms with Crippen LogP contribution >= 0.6 is 0 Å². The van der Waals surface area contributed by atoms with Crippen LogP contribution in [0.1, 0.15) is 0 Å². The monoisotopic (exact) mass is 297 g/mol. The van der Waals surface area contributed by atoms with Crippen LogP contribution in [0.4, 0.5) is 26.3 Å². The fourth-order valence-electron chi connectivity index (χ4n) is 1.00. The second-order valence-corrected chi connectivity index (χ2v) is 3.30. The minimum Gasteiger partial charge on any atom is -0.467 e. The lowest BCUT2D eigenvalue weighted by molar-refractivity contribution is -0.274. The van der Waals surface area contributed by atoms with Crippen molar-refractivity contribution in [1.82, 2.24) is 5.32 Å². The molecule has 2 N–H and O–H groups in total. The van der Waals surface area contributed by atoms with Crippen LogP contribution in [0.15, 0.2) is 0 Å². The van der Waals surface area contributed by atoms with E-state index in [1.165, 1.54) is 5.32 Å². The van der Waals surface area contributed by atoms with Crippen LogP contribution in [0.3, 0.4) is 0 Å². The molecular formula is C8H9F6NO4. The van der Waals surface area contributed by atoms with Gasteiger partial charge in [0.2, 0.25) is 11.8 Å². The van der Waals surface area contributed by atoms with Gasteiger partial charge in [-0.05, 0) is 0 Å². The lowest BCUT2D eigenvalue weighted by atomic mass is 10.1. The van der Waals surface area contributed by atoms with Crippen LogP contribution < -0.4 is 5.32 Å². The van der Waals surface area contributed by atoms with Gasteiger partial charge >= 0.3 is 18.3 Å². The van der Waals surface area contributed by atoms with Gasteiger partial charge in [-0.2, -0.15) is 26.3 Å². The average molecular weight is 297 g/mol. The molecule has 0 saturated heterocycles. The van der Waals surface area contributed by atoms with Crippen LogP contribution in [0.2, 0.25) is 0 Å². The second kappa shape index (κ2) is 6.08. The van der Waals surface area contributed by atoms with E-state index in [9.17, 15) is 35.9 Å². The Morgan fingerprint density at radius 1 is 1.16 bits per heavy atom. The van der Waals surface area contributed by atoms with Crippen LogP contribution in [-0.2, 0) is 14.3 Å². The first-order valence-corrected chi connectivity index (χ1v) is 4.58. The summed E-state index contributed by atoms with van der Waals surface area (Å²) >= 11 is 0. The number of carbonyl (C=O) groups excluding carboxylic acids is 2. The van der Waals surface area contributed by atoms with Gasteiger partial charge < -0.3 is 15.2 Å². The molecule has 0 fully saturated rings. The highest BCUT2D eigenvalue weighted by Gasteiger charge is 2.61. The molecule has 0 heterocycles. The predicted molar refractivity (Wildman–Crippen MR) is 46.6 cm³/mol. The molecule has 0 bridgehead atoms. The van der Waals surface area contributed by atoms with Gasteiger partial charge in [0.15, 0.2) is 6.10 Å². The predicted octanol–water partition coefficient (Wildman–Crippen LogP) is 0.377. The van der Waals surface area contributed by atoms with E-state index in [0.29, 0.717) is 0 Å². The molecule has 0 saturated carbocycles. The van der Waals surface area contributed by atoms with Crippen LogP contribution in [-0.4, -0.2) is 49.1 Å². The lowest BCUT2D eigenvalue weighted by Gasteiger charge is -2.22. The number of methoxy groups -OCH3 is 1. The minimum absolute atomic E-state index is 0.835. The van der Waals surface area contributed by atoms with E-state index in [1.807, 2.05) is 0 Å². The topological polar surface area (TPSA) is 75.6 Å². The van der Waals surface area contributed by atoms with Gasteiger partial charge in [0.05, 0.1) is 13.7 Å². The average Bonchev–Trinajstić information content (AvgIpc) is 2.20. The molecule has 0 aliphatic rings. The number of carbonyl (C=O) groups is 2. The van der Waals surface area contributed by atoms with Crippen molar-refractivity contribution in [2.75, 3.05) is 13.7 Å². The number of halogens is 6. The zero-order valence-electron chi connectivity index (χ0n) is 9.30. The van der Waals surface area contributed by atoms with Gasteiger partial charge in [-0.3, -0.25) is 4.79 Å². The number of hydrogen-bond acceptors (Lipinski definition) is 4. The third-order valence-corrected chi connectivity index (χ3v) is 1.86. The van der Waals surface area contributed by atoms with Gasteiger partial charge in [0.1, 0.15) is 0 Å². The summed E-state index contributed by atoms with van der Waals surface area (Å²) in [5, 5.41) is 10.1. The smallest absolute Gasteiger partial charge is 0.409 e. The van der Waals surface area contributed by atoms with Crippen molar-refractivity contribution in [3.63, 3.8) is 0 Å².